The normalized spacial score (nSPS) is 12.3. The predicted octanol–water partition coefficient (Wildman–Crippen LogP) is -0.0554. The summed E-state index contributed by atoms with van der Waals surface area (Å²) >= 11 is 3.64. The van der Waals surface area contributed by atoms with E-state index in [1.165, 1.54) is 9.00 Å². The fourth-order valence-corrected chi connectivity index (χ4v) is 7.12. The van der Waals surface area contributed by atoms with Crippen molar-refractivity contribution >= 4 is 51.2 Å². The lowest BCUT2D eigenvalue weighted by atomic mass is 10.7. The predicted molar refractivity (Wildman–Crippen MR) is 66.1 cm³/mol. The van der Waals surface area contributed by atoms with Crippen molar-refractivity contribution in [3.8, 4) is 0 Å². The molecule has 0 amide bonds. The smallest absolute Gasteiger partial charge is 0.189 e. The van der Waals surface area contributed by atoms with Crippen LogP contribution in [-0.4, -0.2) is 19.5 Å². The highest BCUT2D eigenvalue weighted by molar-refractivity contribution is 7.20. The second-order valence-corrected chi connectivity index (χ2v) is 9.47. The lowest BCUT2D eigenvalue weighted by molar-refractivity contribution is 0.665. The summed E-state index contributed by atoms with van der Waals surface area (Å²) in [7, 11) is -0.809. The fourth-order valence-electron chi connectivity index (χ4n) is 1.04. The fraction of sp³-hybridized carbons (Fsp3) is 0. The van der Waals surface area contributed by atoms with Gasteiger partial charge in [-0.15, -0.1) is 0 Å². The third-order valence-corrected chi connectivity index (χ3v) is 7.49. The summed E-state index contributed by atoms with van der Waals surface area (Å²) in [4.78, 5) is 0. The lowest BCUT2D eigenvalue weighted by Gasteiger charge is -1.98. The van der Waals surface area contributed by atoms with Crippen molar-refractivity contribution in [1.29, 1.82) is 0 Å². The van der Waals surface area contributed by atoms with Crippen molar-refractivity contribution in [2.24, 2.45) is 0 Å². The van der Waals surface area contributed by atoms with Gasteiger partial charge in [0.25, 0.3) is 0 Å². The van der Waals surface area contributed by atoms with Gasteiger partial charge in [0.2, 0.25) is 0 Å². The molecular formula is C8H10OS2Si2. The van der Waals surface area contributed by atoms with Gasteiger partial charge in [0.15, 0.2) is 19.5 Å². The van der Waals surface area contributed by atoms with Crippen LogP contribution in [0.25, 0.3) is 0 Å². The zero-order chi connectivity index (χ0) is 8.93. The van der Waals surface area contributed by atoms with Crippen molar-refractivity contribution in [2.45, 2.75) is 0 Å². The van der Waals surface area contributed by atoms with Crippen LogP contribution in [0, 0.1) is 0 Å². The largest absolute Gasteiger partial charge is 0.457 e. The molecule has 68 valence electrons. The number of rotatable bonds is 4. The zero-order valence-electron chi connectivity index (χ0n) is 7.10. The van der Waals surface area contributed by atoms with Gasteiger partial charge in [-0.2, -0.15) is 22.7 Å². The van der Waals surface area contributed by atoms with Gasteiger partial charge >= 0.3 is 0 Å². The lowest BCUT2D eigenvalue weighted by Crippen LogP contribution is -2.21. The molecule has 0 aliphatic rings. The third-order valence-electron chi connectivity index (χ3n) is 1.65. The average Bonchev–Trinajstić information content (AvgIpc) is 2.75. The molecule has 0 fully saturated rings. The molecule has 1 nitrogen and oxygen atoms in total. The summed E-state index contributed by atoms with van der Waals surface area (Å²) in [5.74, 6) is 0. The Morgan fingerprint density at radius 3 is 1.85 bits per heavy atom. The maximum Gasteiger partial charge on any atom is 0.189 e. The molecule has 2 aromatic rings. The molecule has 0 spiro atoms. The molecule has 0 N–H and O–H groups in total. The molecule has 2 heterocycles. The van der Waals surface area contributed by atoms with Crippen molar-refractivity contribution in [3.63, 3.8) is 0 Å². The molecule has 0 aromatic carbocycles. The number of hydrogen-bond acceptors (Lipinski definition) is 3. The molecule has 0 aliphatic carbocycles. The topological polar surface area (TPSA) is 9.23 Å². The van der Waals surface area contributed by atoms with E-state index in [0.717, 1.165) is 0 Å². The summed E-state index contributed by atoms with van der Waals surface area (Å²) in [6.07, 6.45) is 0. The Kier molecular flexibility index (Phi) is 3.51. The third kappa shape index (κ3) is 2.89. The van der Waals surface area contributed by atoms with Crippen molar-refractivity contribution in [2.75, 3.05) is 0 Å². The van der Waals surface area contributed by atoms with E-state index in [4.69, 9.17) is 4.12 Å². The van der Waals surface area contributed by atoms with Crippen molar-refractivity contribution < 1.29 is 4.12 Å². The minimum Gasteiger partial charge on any atom is -0.457 e. The van der Waals surface area contributed by atoms with Gasteiger partial charge in [-0.05, 0) is 10.8 Å². The second-order valence-electron chi connectivity index (χ2n) is 2.65. The Bertz CT molecular complexity index is 297. The van der Waals surface area contributed by atoms with E-state index in [2.05, 4.69) is 35.0 Å². The van der Waals surface area contributed by atoms with Crippen LogP contribution in [0.5, 0.6) is 0 Å². The monoisotopic (exact) mass is 242 g/mol. The highest BCUT2D eigenvalue weighted by atomic mass is 32.1. The molecule has 2 rings (SSSR count). The molecule has 2 aromatic heterocycles. The zero-order valence-corrected chi connectivity index (χ0v) is 11.6. The molecule has 13 heavy (non-hydrogen) atoms. The highest BCUT2D eigenvalue weighted by Gasteiger charge is 1.97. The molecule has 0 unspecified atom stereocenters. The molecular weight excluding hydrogens is 232 g/mol. The first-order chi connectivity index (χ1) is 6.45. The van der Waals surface area contributed by atoms with Crippen molar-refractivity contribution in [1.82, 2.24) is 0 Å². The van der Waals surface area contributed by atoms with Crippen LogP contribution in [-0.2, 0) is 4.12 Å². The first-order valence-electron chi connectivity index (χ1n) is 4.07. The van der Waals surface area contributed by atoms with E-state index >= 15 is 0 Å². The van der Waals surface area contributed by atoms with Crippen LogP contribution in [0.3, 0.4) is 0 Å². The molecule has 5 heteroatoms. The first kappa shape index (κ1) is 9.35. The van der Waals surface area contributed by atoms with E-state index in [9.17, 15) is 0 Å². The summed E-state index contributed by atoms with van der Waals surface area (Å²) in [5, 5.41) is 4.25. The SMILES string of the molecule is c1csc([SiH2]O[SiH2]c2cccs2)c1. The Balaban J connectivity index is 1.76. The molecule has 0 aliphatic heterocycles. The van der Waals surface area contributed by atoms with E-state index in [1.54, 1.807) is 0 Å². The van der Waals surface area contributed by atoms with Gasteiger partial charge in [0.05, 0.1) is 0 Å². The average molecular weight is 242 g/mol. The van der Waals surface area contributed by atoms with E-state index < -0.39 is 19.5 Å². The Morgan fingerprint density at radius 2 is 1.46 bits per heavy atom. The molecule has 0 saturated carbocycles. The minimum absolute atomic E-state index is 0.405. The van der Waals surface area contributed by atoms with Gasteiger partial charge in [-0.1, -0.05) is 24.3 Å². The Labute approximate surface area is 90.3 Å². The van der Waals surface area contributed by atoms with Crippen LogP contribution in [0.1, 0.15) is 0 Å². The molecule has 0 bridgehead atoms. The van der Waals surface area contributed by atoms with E-state index in [0.29, 0.717) is 0 Å². The summed E-state index contributed by atoms with van der Waals surface area (Å²) in [6, 6.07) is 8.56. The molecule has 0 atom stereocenters. The van der Waals surface area contributed by atoms with Crippen LogP contribution < -0.4 is 9.00 Å². The van der Waals surface area contributed by atoms with Crippen molar-refractivity contribution in [3.05, 3.63) is 35.0 Å². The number of hydrogen-bond donors (Lipinski definition) is 0. The van der Waals surface area contributed by atoms with Crippen LogP contribution in [0.15, 0.2) is 35.0 Å². The van der Waals surface area contributed by atoms with E-state index in [-0.39, 0.29) is 0 Å². The maximum atomic E-state index is 5.82. The first-order valence-corrected chi connectivity index (χ1v) is 8.40. The summed E-state index contributed by atoms with van der Waals surface area (Å²) < 4.78 is 8.75. The van der Waals surface area contributed by atoms with Gasteiger partial charge in [0, 0.05) is 9.00 Å². The van der Waals surface area contributed by atoms with Crippen LogP contribution in [0.2, 0.25) is 0 Å². The van der Waals surface area contributed by atoms with Crippen LogP contribution in [0.4, 0.5) is 0 Å². The van der Waals surface area contributed by atoms with Gasteiger partial charge in [0.1, 0.15) is 0 Å². The van der Waals surface area contributed by atoms with Crippen LogP contribution >= 0.6 is 22.7 Å². The van der Waals surface area contributed by atoms with Gasteiger partial charge < -0.3 is 4.12 Å². The minimum atomic E-state index is -0.405. The standard InChI is InChI=1S/C8H10OS2Si2/c1-3-7(10-5-1)12-9-13-8-4-2-6-11-8/h1-6H,12-13H2. The summed E-state index contributed by atoms with van der Waals surface area (Å²) in [5.41, 5.74) is 0. The molecule has 0 saturated heterocycles. The summed E-state index contributed by atoms with van der Waals surface area (Å²) in [6.45, 7) is 0. The van der Waals surface area contributed by atoms with Gasteiger partial charge in [-0.25, -0.2) is 0 Å². The number of thiophene rings is 2. The second kappa shape index (κ2) is 4.87. The highest BCUT2D eigenvalue weighted by Crippen LogP contribution is 1.93. The van der Waals surface area contributed by atoms with E-state index in [1.807, 2.05) is 22.7 Å². The van der Waals surface area contributed by atoms with Gasteiger partial charge in [-0.3, -0.25) is 0 Å². The quantitative estimate of drug-likeness (QED) is 0.683. The molecule has 0 radical (unpaired) electrons. The Morgan fingerprint density at radius 1 is 0.923 bits per heavy atom. The Hall–Kier alpha value is -0.206. The maximum absolute atomic E-state index is 5.82.